The van der Waals surface area contributed by atoms with Gasteiger partial charge in [-0.3, -0.25) is 5.32 Å². The molecule has 0 amide bonds. The summed E-state index contributed by atoms with van der Waals surface area (Å²) >= 11 is 0. The smallest absolute Gasteiger partial charge is 0.388 e. The van der Waals surface area contributed by atoms with Crippen LogP contribution in [0, 0.1) is 6.92 Å². The molecule has 0 radical (unpaired) electrons. The summed E-state index contributed by atoms with van der Waals surface area (Å²) in [6.07, 6.45) is -1.64. The Labute approximate surface area is 156 Å². The van der Waals surface area contributed by atoms with E-state index in [2.05, 4.69) is 9.97 Å². The number of anilines is 2. The minimum atomic E-state index is -4.49. The van der Waals surface area contributed by atoms with Crippen LogP contribution in [0.5, 0.6) is 0 Å². The van der Waals surface area contributed by atoms with E-state index in [0.29, 0.717) is 17.1 Å². The van der Waals surface area contributed by atoms with Gasteiger partial charge in [-0.1, -0.05) is 24.6 Å². The van der Waals surface area contributed by atoms with Gasteiger partial charge in [0.2, 0.25) is 0 Å². The molecule has 0 aliphatic heterocycles. The summed E-state index contributed by atoms with van der Waals surface area (Å²) in [5.41, 5.74) is 3.08. The first-order valence-corrected chi connectivity index (χ1v) is 8.48. The lowest BCUT2D eigenvalue weighted by Gasteiger charge is -2.20. The standard InChI is InChI=1S/C19H23F3N4O/c1-5-12(2)10-26(4)18-13(3)17(23-16(11-27)24-18)14-6-8-15(9-7-14)25-19(20,21)22/h6-10,25,27H,5,11H2,1-4H3/b12-10+. The molecule has 1 heterocycles. The van der Waals surface area contributed by atoms with Gasteiger partial charge in [0.05, 0.1) is 5.69 Å². The van der Waals surface area contributed by atoms with Crippen LogP contribution < -0.4 is 10.2 Å². The number of alkyl halides is 3. The Morgan fingerprint density at radius 3 is 2.37 bits per heavy atom. The van der Waals surface area contributed by atoms with Crippen molar-refractivity contribution in [2.75, 3.05) is 17.3 Å². The molecule has 146 valence electrons. The zero-order valence-corrected chi connectivity index (χ0v) is 15.7. The molecular weight excluding hydrogens is 357 g/mol. The largest absolute Gasteiger partial charge is 0.482 e. The zero-order valence-electron chi connectivity index (χ0n) is 15.7. The third-order valence-corrected chi connectivity index (χ3v) is 4.06. The molecule has 5 nitrogen and oxygen atoms in total. The number of nitrogens with zero attached hydrogens (tertiary/aromatic N) is 3. The van der Waals surface area contributed by atoms with Crippen LogP contribution in [0.15, 0.2) is 36.0 Å². The molecule has 0 saturated carbocycles. The summed E-state index contributed by atoms with van der Waals surface area (Å²) in [6.45, 7) is 5.57. The Morgan fingerprint density at radius 1 is 1.22 bits per heavy atom. The molecule has 0 unspecified atom stereocenters. The van der Waals surface area contributed by atoms with E-state index in [1.807, 2.05) is 38.9 Å². The van der Waals surface area contributed by atoms with Crippen LogP contribution in [0.25, 0.3) is 11.3 Å². The predicted molar refractivity (Wildman–Crippen MR) is 100 cm³/mol. The van der Waals surface area contributed by atoms with Crippen LogP contribution in [0.1, 0.15) is 31.7 Å². The van der Waals surface area contributed by atoms with Crippen molar-refractivity contribution in [3.05, 3.63) is 47.4 Å². The molecule has 2 rings (SSSR count). The average molecular weight is 380 g/mol. The molecule has 0 aliphatic rings. The first kappa shape index (κ1) is 20.7. The number of rotatable bonds is 6. The normalized spacial score (nSPS) is 12.2. The van der Waals surface area contributed by atoms with Crippen LogP contribution in [0.2, 0.25) is 0 Å². The summed E-state index contributed by atoms with van der Waals surface area (Å²) in [5, 5.41) is 11.0. The van der Waals surface area contributed by atoms with Crippen molar-refractivity contribution in [2.45, 2.75) is 40.1 Å². The molecule has 2 N–H and O–H groups in total. The molecule has 8 heteroatoms. The molecular formula is C19H23F3N4O. The minimum Gasteiger partial charge on any atom is -0.388 e. The maximum absolute atomic E-state index is 12.4. The highest BCUT2D eigenvalue weighted by Crippen LogP contribution is 2.30. The van der Waals surface area contributed by atoms with Gasteiger partial charge in [0.1, 0.15) is 12.4 Å². The summed E-state index contributed by atoms with van der Waals surface area (Å²) in [5.74, 6) is 0.881. The van der Waals surface area contributed by atoms with Crippen molar-refractivity contribution < 1.29 is 18.3 Å². The Hall–Kier alpha value is -2.61. The van der Waals surface area contributed by atoms with Crippen LogP contribution in [0.3, 0.4) is 0 Å². The molecule has 1 aromatic heterocycles. The molecule has 0 atom stereocenters. The van der Waals surface area contributed by atoms with E-state index < -0.39 is 6.30 Å². The Morgan fingerprint density at radius 2 is 1.85 bits per heavy atom. The molecule has 0 bridgehead atoms. The Kier molecular flexibility index (Phi) is 6.43. The molecule has 27 heavy (non-hydrogen) atoms. The van der Waals surface area contributed by atoms with E-state index in [1.165, 1.54) is 17.4 Å². The first-order chi connectivity index (χ1) is 12.6. The van der Waals surface area contributed by atoms with E-state index >= 15 is 0 Å². The molecule has 0 saturated heterocycles. The Balaban J connectivity index is 2.46. The zero-order chi connectivity index (χ0) is 20.2. The molecule has 2 aromatic rings. The second kappa shape index (κ2) is 8.39. The van der Waals surface area contributed by atoms with Crippen LogP contribution >= 0.6 is 0 Å². The minimum absolute atomic E-state index is 0.0563. The lowest BCUT2D eigenvalue weighted by molar-refractivity contribution is -0.0999. The van der Waals surface area contributed by atoms with Crippen molar-refractivity contribution >= 4 is 11.5 Å². The van der Waals surface area contributed by atoms with Crippen molar-refractivity contribution in [1.82, 2.24) is 9.97 Å². The second-order valence-corrected chi connectivity index (χ2v) is 6.24. The highest BCUT2D eigenvalue weighted by atomic mass is 19.4. The maximum Gasteiger partial charge on any atom is 0.482 e. The van der Waals surface area contributed by atoms with Gasteiger partial charge in [0, 0.05) is 30.1 Å². The van der Waals surface area contributed by atoms with Gasteiger partial charge < -0.3 is 10.0 Å². The fourth-order valence-electron chi connectivity index (χ4n) is 2.60. The van der Waals surface area contributed by atoms with Gasteiger partial charge >= 0.3 is 6.30 Å². The van der Waals surface area contributed by atoms with Gasteiger partial charge in [-0.2, -0.15) is 13.2 Å². The van der Waals surface area contributed by atoms with Gasteiger partial charge in [-0.25, -0.2) is 9.97 Å². The second-order valence-electron chi connectivity index (χ2n) is 6.24. The summed E-state index contributed by atoms with van der Waals surface area (Å²) in [4.78, 5) is 10.6. The number of hydrogen-bond acceptors (Lipinski definition) is 5. The van der Waals surface area contributed by atoms with Gasteiger partial charge in [0.15, 0.2) is 5.82 Å². The highest BCUT2D eigenvalue weighted by Gasteiger charge is 2.27. The maximum atomic E-state index is 12.4. The number of nitrogens with one attached hydrogen (secondary N) is 1. The molecule has 0 aliphatic carbocycles. The van der Waals surface area contributed by atoms with Gasteiger partial charge in [-0.05, 0) is 32.4 Å². The van der Waals surface area contributed by atoms with Crippen molar-refractivity contribution in [2.24, 2.45) is 0 Å². The van der Waals surface area contributed by atoms with Crippen molar-refractivity contribution in [3.8, 4) is 11.3 Å². The highest BCUT2D eigenvalue weighted by molar-refractivity contribution is 5.70. The van der Waals surface area contributed by atoms with E-state index in [9.17, 15) is 18.3 Å². The van der Waals surface area contributed by atoms with Gasteiger partial charge in [-0.15, -0.1) is 0 Å². The summed E-state index contributed by atoms with van der Waals surface area (Å²) in [7, 11) is 1.86. The van der Waals surface area contributed by atoms with Gasteiger partial charge in [0.25, 0.3) is 0 Å². The quantitative estimate of drug-likeness (QED) is 0.716. The van der Waals surface area contributed by atoms with Crippen LogP contribution in [-0.2, 0) is 6.61 Å². The van der Waals surface area contributed by atoms with Crippen LogP contribution in [0.4, 0.5) is 24.7 Å². The average Bonchev–Trinajstić information content (AvgIpc) is 2.61. The topological polar surface area (TPSA) is 61.3 Å². The lowest BCUT2D eigenvalue weighted by Crippen LogP contribution is -2.20. The first-order valence-electron chi connectivity index (χ1n) is 8.48. The fraction of sp³-hybridized carbons (Fsp3) is 0.368. The number of allylic oxidation sites excluding steroid dienone is 1. The van der Waals surface area contributed by atoms with Crippen molar-refractivity contribution in [3.63, 3.8) is 0 Å². The van der Waals surface area contributed by atoms with E-state index in [1.54, 1.807) is 12.1 Å². The number of aliphatic hydroxyl groups excluding tert-OH is 1. The van der Waals surface area contributed by atoms with E-state index in [4.69, 9.17) is 0 Å². The van der Waals surface area contributed by atoms with E-state index in [0.717, 1.165) is 17.6 Å². The molecule has 0 spiro atoms. The number of hydrogen-bond donors (Lipinski definition) is 2. The summed E-state index contributed by atoms with van der Waals surface area (Å²) in [6, 6.07) is 5.80. The molecule has 1 aromatic carbocycles. The lowest BCUT2D eigenvalue weighted by atomic mass is 10.1. The molecule has 0 fully saturated rings. The number of halogens is 3. The number of benzene rings is 1. The SMILES string of the molecule is CC/C(C)=C/N(C)c1nc(CO)nc(-c2ccc(NC(F)(F)F)cc2)c1C. The number of aliphatic hydroxyl groups is 1. The fourth-order valence-corrected chi connectivity index (χ4v) is 2.60. The van der Waals surface area contributed by atoms with Crippen molar-refractivity contribution in [1.29, 1.82) is 0 Å². The summed E-state index contributed by atoms with van der Waals surface area (Å²) < 4.78 is 37.3. The van der Waals surface area contributed by atoms with Crippen LogP contribution in [-0.4, -0.2) is 28.4 Å². The number of aromatic nitrogens is 2. The monoisotopic (exact) mass is 380 g/mol. The predicted octanol–water partition coefficient (Wildman–Crippen LogP) is 4.63. The Bertz CT molecular complexity index is 817. The van der Waals surface area contributed by atoms with E-state index in [-0.39, 0.29) is 18.1 Å². The third-order valence-electron chi connectivity index (χ3n) is 4.06. The third kappa shape index (κ3) is 5.43.